The van der Waals surface area contributed by atoms with Gasteiger partial charge in [-0.15, -0.1) is 0 Å². The van der Waals surface area contributed by atoms with Crippen LogP contribution in [0.1, 0.15) is 13.8 Å². The number of hydrogen-bond donors (Lipinski definition) is 1. The minimum absolute atomic E-state index is 0.112. The van der Waals surface area contributed by atoms with Crippen molar-refractivity contribution in [3.8, 4) is 11.1 Å². The molecule has 0 atom stereocenters. The second-order valence-electron chi connectivity index (χ2n) is 5.12. The average molecular weight is 342 g/mol. The summed E-state index contributed by atoms with van der Waals surface area (Å²) >= 11 is 6.09. The third-order valence-electron chi connectivity index (χ3n) is 3.10. The van der Waals surface area contributed by atoms with Gasteiger partial charge in [-0.1, -0.05) is 11.6 Å². The van der Waals surface area contributed by atoms with Gasteiger partial charge in [-0.05, 0) is 26.0 Å². The number of aromatic nitrogens is 4. The van der Waals surface area contributed by atoms with Gasteiger partial charge in [-0.25, -0.2) is 13.2 Å². The van der Waals surface area contributed by atoms with Crippen LogP contribution in [0.25, 0.3) is 16.9 Å². The summed E-state index contributed by atoms with van der Waals surface area (Å²) in [6.07, 6.45) is 1.23. The van der Waals surface area contributed by atoms with Gasteiger partial charge in [0.1, 0.15) is 23.1 Å². The van der Waals surface area contributed by atoms with Crippen molar-refractivity contribution in [2.45, 2.75) is 19.9 Å². The van der Waals surface area contributed by atoms with Gasteiger partial charge in [0.05, 0.1) is 11.1 Å². The third-order valence-corrected chi connectivity index (χ3v) is 3.38. The molecule has 2 aromatic heterocycles. The van der Waals surface area contributed by atoms with E-state index >= 15 is 0 Å². The van der Waals surface area contributed by atoms with Crippen LogP contribution < -0.4 is 5.32 Å². The molecular formula is C14H11ClF3N5. The van der Waals surface area contributed by atoms with Crippen LogP contribution >= 0.6 is 11.6 Å². The molecule has 0 spiro atoms. The summed E-state index contributed by atoms with van der Waals surface area (Å²) in [5, 5.41) is 6.75. The normalized spacial score (nSPS) is 11.4. The van der Waals surface area contributed by atoms with Crippen LogP contribution in [0, 0.1) is 17.5 Å². The Kier molecular flexibility index (Phi) is 3.85. The zero-order valence-corrected chi connectivity index (χ0v) is 12.9. The van der Waals surface area contributed by atoms with Crippen LogP contribution in [0.15, 0.2) is 18.5 Å². The number of nitrogens with one attached hydrogen (secondary N) is 1. The van der Waals surface area contributed by atoms with Crippen molar-refractivity contribution >= 4 is 23.2 Å². The maximum absolute atomic E-state index is 14.2. The number of fused-ring (bicyclic) bond motifs is 1. The molecule has 1 aromatic carbocycles. The second-order valence-corrected chi connectivity index (χ2v) is 5.47. The zero-order valence-electron chi connectivity index (χ0n) is 12.1. The van der Waals surface area contributed by atoms with Crippen LogP contribution in [0.3, 0.4) is 0 Å². The Morgan fingerprint density at radius 3 is 2.52 bits per heavy atom. The van der Waals surface area contributed by atoms with E-state index in [1.807, 2.05) is 13.8 Å². The maximum atomic E-state index is 14.2. The van der Waals surface area contributed by atoms with Gasteiger partial charge in [0.2, 0.25) is 0 Å². The Morgan fingerprint density at radius 2 is 1.83 bits per heavy atom. The molecule has 23 heavy (non-hydrogen) atoms. The summed E-state index contributed by atoms with van der Waals surface area (Å²) < 4.78 is 43.2. The SMILES string of the molecule is CC(C)Nc1c(-c2c(F)ccc(F)c2F)c(Cl)nc2ncnn12. The Labute approximate surface area is 134 Å². The van der Waals surface area contributed by atoms with E-state index in [4.69, 9.17) is 11.6 Å². The molecule has 0 aliphatic carbocycles. The summed E-state index contributed by atoms with van der Waals surface area (Å²) in [7, 11) is 0. The summed E-state index contributed by atoms with van der Waals surface area (Å²) in [5.74, 6) is -3.17. The van der Waals surface area contributed by atoms with Crippen molar-refractivity contribution in [3.05, 3.63) is 41.1 Å². The van der Waals surface area contributed by atoms with Gasteiger partial charge in [-0.2, -0.15) is 19.6 Å². The minimum atomic E-state index is -1.35. The van der Waals surface area contributed by atoms with Gasteiger partial charge >= 0.3 is 0 Å². The van der Waals surface area contributed by atoms with E-state index in [-0.39, 0.29) is 28.4 Å². The number of hydrogen-bond acceptors (Lipinski definition) is 4. The molecule has 9 heteroatoms. The highest BCUT2D eigenvalue weighted by Gasteiger charge is 2.25. The first kappa shape index (κ1) is 15.5. The zero-order chi connectivity index (χ0) is 16.7. The lowest BCUT2D eigenvalue weighted by atomic mass is 10.1. The van der Waals surface area contributed by atoms with Gasteiger partial charge in [0.25, 0.3) is 5.78 Å². The molecule has 0 aliphatic rings. The summed E-state index contributed by atoms with van der Waals surface area (Å²) in [6, 6.07) is 1.42. The van der Waals surface area contributed by atoms with Crippen molar-refractivity contribution in [1.29, 1.82) is 0 Å². The highest BCUT2D eigenvalue weighted by Crippen LogP contribution is 2.38. The monoisotopic (exact) mass is 341 g/mol. The number of halogens is 4. The molecule has 0 amide bonds. The van der Waals surface area contributed by atoms with Crippen molar-refractivity contribution in [2.75, 3.05) is 5.32 Å². The second kappa shape index (κ2) is 5.69. The predicted octanol–water partition coefficient (Wildman–Crippen LogP) is 3.68. The number of anilines is 1. The van der Waals surface area contributed by atoms with E-state index in [2.05, 4.69) is 20.4 Å². The molecular weight excluding hydrogens is 331 g/mol. The largest absolute Gasteiger partial charge is 0.367 e. The topological polar surface area (TPSA) is 55.1 Å². The highest BCUT2D eigenvalue weighted by molar-refractivity contribution is 6.33. The Bertz CT molecular complexity index is 894. The Balaban J connectivity index is 2.41. The van der Waals surface area contributed by atoms with E-state index in [0.717, 1.165) is 6.07 Å². The molecule has 0 fully saturated rings. The van der Waals surface area contributed by atoms with E-state index in [9.17, 15) is 13.2 Å². The van der Waals surface area contributed by atoms with Gasteiger partial charge < -0.3 is 5.32 Å². The molecule has 0 unspecified atom stereocenters. The molecule has 0 aliphatic heterocycles. The lowest BCUT2D eigenvalue weighted by molar-refractivity contribution is 0.499. The fraction of sp³-hybridized carbons (Fsp3) is 0.214. The van der Waals surface area contributed by atoms with Gasteiger partial charge in [-0.3, -0.25) is 0 Å². The fourth-order valence-corrected chi connectivity index (χ4v) is 2.46. The van der Waals surface area contributed by atoms with E-state index < -0.39 is 23.0 Å². The number of benzene rings is 1. The standard InChI is InChI=1S/C14H11ClF3N5/c1-6(2)21-13-10(9-7(16)3-4-8(17)11(9)18)12(15)22-14-19-5-20-23(13)14/h3-6,21H,1-2H3. The third kappa shape index (κ3) is 2.59. The van der Waals surface area contributed by atoms with E-state index in [0.29, 0.717) is 6.07 Å². The molecule has 0 radical (unpaired) electrons. The quantitative estimate of drug-likeness (QED) is 0.583. The molecule has 0 saturated heterocycles. The fourth-order valence-electron chi connectivity index (χ4n) is 2.20. The molecule has 0 saturated carbocycles. The van der Waals surface area contributed by atoms with Crippen LogP contribution in [-0.2, 0) is 0 Å². The van der Waals surface area contributed by atoms with Crippen molar-refractivity contribution in [2.24, 2.45) is 0 Å². The lowest BCUT2D eigenvalue weighted by Gasteiger charge is -2.17. The molecule has 5 nitrogen and oxygen atoms in total. The predicted molar refractivity (Wildman–Crippen MR) is 79.9 cm³/mol. The van der Waals surface area contributed by atoms with Gasteiger partial charge in [0.15, 0.2) is 11.6 Å². The van der Waals surface area contributed by atoms with Crippen LogP contribution in [0.2, 0.25) is 5.15 Å². The first-order chi connectivity index (χ1) is 10.9. The highest BCUT2D eigenvalue weighted by atomic mass is 35.5. The molecule has 2 heterocycles. The number of nitrogens with zero attached hydrogens (tertiary/aromatic N) is 4. The van der Waals surface area contributed by atoms with Crippen LogP contribution in [0.5, 0.6) is 0 Å². The Hall–Kier alpha value is -2.35. The summed E-state index contributed by atoms with van der Waals surface area (Å²) in [6.45, 7) is 3.64. The average Bonchev–Trinajstić information content (AvgIpc) is 2.93. The molecule has 1 N–H and O–H groups in total. The summed E-state index contributed by atoms with van der Waals surface area (Å²) in [5.41, 5.74) is -0.726. The first-order valence-corrected chi connectivity index (χ1v) is 7.07. The van der Waals surface area contributed by atoms with Crippen molar-refractivity contribution < 1.29 is 13.2 Å². The van der Waals surface area contributed by atoms with Gasteiger partial charge in [0, 0.05) is 6.04 Å². The van der Waals surface area contributed by atoms with Crippen molar-refractivity contribution in [3.63, 3.8) is 0 Å². The smallest absolute Gasteiger partial charge is 0.255 e. The minimum Gasteiger partial charge on any atom is -0.367 e. The lowest BCUT2D eigenvalue weighted by Crippen LogP contribution is -2.16. The maximum Gasteiger partial charge on any atom is 0.255 e. The van der Waals surface area contributed by atoms with E-state index in [1.54, 1.807) is 0 Å². The first-order valence-electron chi connectivity index (χ1n) is 6.69. The molecule has 0 bridgehead atoms. The van der Waals surface area contributed by atoms with Crippen LogP contribution in [0.4, 0.5) is 19.0 Å². The molecule has 3 aromatic rings. The summed E-state index contributed by atoms with van der Waals surface area (Å²) in [4.78, 5) is 7.85. The van der Waals surface area contributed by atoms with Crippen molar-refractivity contribution in [1.82, 2.24) is 19.6 Å². The molecule has 3 rings (SSSR count). The van der Waals surface area contributed by atoms with E-state index in [1.165, 1.54) is 10.8 Å². The Morgan fingerprint density at radius 1 is 1.13 bits per heavy atom. The molecule has 120 valence electrons. The number of rotatable bonds is 3. The van der Waals surface area contributed by atoms with Crippen LogP contribution in [-0.4, -0.2) is 25.6 Å².